The number of nitrogens with zero attached hydrogens (tertiary/aromatic N) is 1. The average Bonchev–Trinajstić information content (AvgIpc) is 3.37. The zero-order valence-corrected chi connectivity index (χ0v) is 15.3. The fourth-order valence-corrected chi connectivity index (χ4v) is 4.13. The first-order valence-corrected chi connectivity index (χ1v) is 9.78. The molecule has 0 spiro atoms. The van der Waals surface area contributed by atoms with Crippen LogP contribution in [0.4, 0.5) is 0 Å². The van der Waals surface area contributed by atoms with E-state index in [0.29, 0.717) is 35.6 Å². The van der Waals surface area contributed by atoms with E-state index in [-0.39, 0.29) is 11.7 Å². The molecule has 0 saturated carbocycles. The van der Waals surface area contributed by atoms with E-state index in [1.165, 1.54) is 6.07 Å². The molecular weight excluding hydrogens is 362 g/mol. The Morgan fingerprint density at radius 1 is 1.11 bits per heavy atom. The van der Waals surface area contributed by atoms with Crippen LogP contribution < -0.4 is 5.43 Å². The van der Waals surface area contributed by atoms with Crippen LogP contribution in [0.5, 0.6) is 0 Å². The number of aromatic nitrogens is 1. The van der Waals surface area contributed by atoms with Gasteiger partial charge in [0.2, 0.25) is 0 Å². The van der Waals surface area contributed by atoms with Crippen molar-refractivity contribution in [3.63, 3.8) is 0 Å². The molecule has 0 amide bonds. The second-order valence-corrected chi connectivity index (χ2v) is 7.49. The lowest BCUT2D eigenvalue weighted by Crippen LogP contribution is -2.09. The van der Waals surface area contributed by atoms with E-state index >= 15 is 0 Å². The van der Waals surface area contributed by atoms with Crippen LogP contribution in [-0.2, 0) is 15.9 Å². The first kappa shape index (κ1) is 16.6. The van der Waals surface area contributed by atoms with Crippen LogP contribution in [0.1, 0.15) is 12.0 Å². The zero-order chi connectivity index (χ0) is 18.2. The molecule has 4 heterocycles. The molecule has 0 atom stereocenters. The smallest absolute Gasteiger partial charge is 0.193 e. The maximum absolute atomic E-state index is 12.7. The monoisotopic (exact) mass is 379 g/mol. The highest BCUT2D eigenvalue weighted by Crippen LogP contribution is 2.27. The number of fused-ring (bicyclic) bond motifs is 2. The van der Waals surface area contributed by atoms with Crippen LogP contribution in [0.15, 0.2) is 57.2 Å². The van der Waals surface area contributed by atoms with Gasteiger partial charge in [-0.25, -0.2) is 0 Å². The molecule has 27 heavy (non-hydrogen) atoms. The van der Waals surface area contributed by atoms with Crippen molar-refractivity contribution in [3.8, 4) is 11.5 Å². The minimum atomic E-state index is -0.141. The Hall–Kier alpha value is -2.54. The summed E-state index contributed by atoms with van der Waals surface area (Å²) >= 11 is 1.64. The molecule has 4 aromatic rings. The van der Waals surface area contributed by atoms with Crippen LogP contribution in [0.25, 0.3) is 32.5 Å². The molecule has 0 bridgehead atoms. The van der Waals surface area contributed by atoms with Crippen LogP contribution in [0.3, 0.4) is 0 Å². The molecule has 0 radical (unpaired) electrons. The van der Waals surface area contributed by atoms with Gasteiger partial charge < -0.3 is 13.9 Å². The maximum Gasteiger partial charge on any atom is 0.193 e. The summed E-state index contributed by atoms with van der Waals surface area (Å²) in [6, 6.07) is 11.2. The highest BCUT2D eigenvalue weighted by Gasteiger charge is 2.16. The summed E-state index contributed by atoms with van der Waals surface area (Å²) in [7, 11) is 0. The minimum absolute atomic E-state index is 0.0606. The number of benzene rings is 1. The standard InChI is InChI=1S/C21H17NO4S/c23-17-11-19(16-10-20-14(12-22-16)5-8-27-20)26-18-3-1-13(9-15(17)18)2-4-21-24-6-7-25-21/h1,3,5,8-12,21H,2,4,6-7H2. The van der Waals surface area contributed by atoms with Gasteiger partial charge in [0.25, 0.3) is 0 Å². The van der Waals surface area contributed by atoms with Crippen LogP contribution >= 0.6 is 11.3 Å². The summed E-state index contributed by atoms with van der Waals surface area (Å²) in [6.45, 7) is 1.31. The van der Waals surface area contributed by atoms with Crippen molar-refractivity contribution in [1.82, 2.24) is 4.98 Å². The molecule has 5 rings (SSSR count). The summed E-state index contributed by atoms with van der Waals surface area (Å²) in [4.78, 5) is 17.1. The molecule has 1 fully saturated rings. The maximum atomic E-state index is 12.7. The number of ether oxygens (including phenoxy) is 2. The third-order valence-corrected chi connectivity index (χ3v) is 5.62. The van der Waals surface area contributed by atoms with Crippen molar-refractivity contribution >= 4 is 32.4 Å². The molecule has 1 aromatic carbocycles. The number of pyridine rings is 1. The van der Waals surface area contributed by atoms with E-state index in [4.69, 9.17) is 13.9 Å². The molecular formula is C21H17NO4S. The van der Waals surface area contributed by atoms with Gasteiger partial charge in [-0.15, -0.1) is 11.3 Å². The predicted octanol–water partition coefficient (Wildman–Crippen LogP) is 4.38. The van der Waals surface area contributed by atoms with Gasteiger partial charge in [0.1, 0.15) is 11.3 Å². The number of hydrogen-bond donors (Lipinski definition) is 0. The highest BCUT2D eigenvalue weighted by atomic mass is 32.1. The van der Waals surface area contributed by atoms with Crippen molar-refractivity contribution in [1.29, 1.82) is 0 Å². The summed E-state index contributed by atoms with van der Waals surface area (Å²) in [6.07, 6.45) is 3.23. The molecule has 0 unspecified atom stereocenters. The quantitative estimate of drug-likeness (QED) is 0.527. The molecule has 0 aliphatic carbocycles. The van der Waals surface area contributed by atoms with Crippen LogP contribution in [0, 0.1) is 0 Å². The summed E-state index contributed by atoms with van der Waals surface area (Å²) < 4.78 is 18.0. The molecule has 1 aliphatic heterocycles. The van der Waals surface area contributed by atoms with Crippen molar-refractivity contribution in [2.24, 2.45) is 0 Å². The van der Waals surface area contributed by atoms with Gasteiger partial charge in [-0.05, 0) is 41.6 Å². The largest absolute Gasteiger partial charge is 0.454 e. The number of hydrogen-bond acceptors (Lipinski definition) is 6. The fourth-order valence-electron chi connectivity index (χ4n) is 3.33. The molecule has 136 valence electrons. The van der Waals surface area contributed by atoms with Gasteiger partial charge >= 0.3 is 0 Å². The molecule has 6 heteroatoms. The summed E-state index contributed by atoms with van der Waals surface area (Å²) in [5.41, 5.74) is 2.25. The lowest BCUT2D eigenvalue weighted by molar-refractivity contribution is -0.0461. The van der Waals surface area contributed by atoms with E-state index in [1.54, 1.807) is 11.3 Å². The molecule has 3 aromatic heterocycles. The Balaban J connectivity index is 1.47. The average molecular weight is 379 g/mol. The highest BCUT2D eigenvalue weighted by molar-refractivity contribution is 7.17. The topological polar surface area (TPSA) is 61.6 Å². The third-order valence-electron chi connectivity index (χ3n) is 4.74. The van der Waals surface area contributed by atoms with E-state index in [0.717, 1.165) is 28.5 Å². The van der Waals surface area contributed by atoms with Crippen molar-refractivity contribution in [2.75, 3.05) is 13.2 Å². The van der Waals surface area contributed by atoms with Crippen molar-refractivity contribution in [2.45, 2.75) is 19.1 Å². The molecule has 5 nitrogen and oxygen atoms in total. The van der Waals surface area contributed by atoms with E-state index in [1.807, 2.05) is 41.9 Å². The summed E-state index contributed by atoms with van der Waals surface area (Å²) in [5, 5.41) is 3.70. The van der Waals surface area contributed by atoms with E-state index in [9.17, 15) is 4.79 Å². The van der Waals surface area contributed by atoms with Gasteiger partial charge in [-0.1, -0.05) is 6.07 Å². The van der Waals surface area contributed by atoms with Gasteiger partial charge in [0.05, 0.1) is 18.6 Å². The predicted molar refractivity (Wildman–Crippen MR) is 105 cm³/mol. The SMILES string of the molecule is O=c1cc(-c2cc3sccc3cn2)oc2ccc(CCC3OCCO3)cc12. The van der Waals surface area contributed by atoms with Gasteiger partial charge in [-0.2, -0.15) is 0 Å². The van der Waals surface area contributed by atoms with Crippen LogP contribution in [-0.4, -0.2) is 24.5 Å². The van der Waals surface area contributed by atoms with E-state index < -0.39 is 0 Å². The van der Waals surface area contributed by atoms with Gasteiger partial charge in [0, 0.05) is 28.8 Å². The lowest BCUT2D eigenvalue weighted by atomic mass is 10.1. The third kappa shape index (κ3) is 3.27. The Kier molecular flexibility index (Phi) is 4.24. The number of rotatable bonds is 4. The minimum Gasteiger partial charge on any atom is -0.454 e. The van der Waals surface area contributed by atoms with Crippen LogP contribution in [0.2, 0.25) is 0 Å². The molecule has 1 aliphatic rings. The number of aryl methyl sites for hydroxylation is 1. The Morgan fingerprint density at radius 3 is 2.89 bits per heavy atom. The lowest BCUT2D eigenvalue weighted by Gasteiger charge is -2.09. The number of thiophene rings is 1. The van der Waals surface area contributed by atoms with E-state index in [2.05, 4.69) is 4.98 Å². The summed E-state index contributed by atoms with van der Waals surface area (Å²) in [5.74, 6) is 0.489. The first-order valence-electron chi connectivity index (χ1n) is 8.90. The fraction of sp³-hybridized carbons (Fsp3) is 0.238. The normalized spacial score (nSPS) is 15.1. The Morgan fingerprint density at radius 2 is 2.00 bits per heavy atom. The van der Waals surface area contributed by atoms with Crippen molar-refractivity contribution in [3.05, 3.63) is 63.8 Å². The Labute approximate surface area is 159 Å². The van der Waals surface area contributed by atoms with Gasteiger partial charge in [-0.3, -0.25) is 9.78 Å². The second kappa shape index (κ2) is 6.88. The Bertz CT molecular complexity index is 1170. The molecule has 1 saturated heterocycles. The van der Waals surface area contributed by atoms with Crippen molar-refractivity contribution < 1.29 is 13.9 Å². The zero-order valence-electron chi connectivity index (χ0n) is 14.5. The molecule has 0 N–H and O–H groups in total. The first-order chi connectivity index (χ1) is 13.3. The second-order valence-electron chi connectivity index (χ2n) is 6.54. The van der Waals surface area contributed by atoms with Gasteiger partial charge in [0.15, 0.2) is 17.5 Å².